The summed E-state index contributed by atoms with van der Waals surface area (Å²) < 4.78 is 0. The summed E-state index contributed by atoms with van der Waals surface area (Å²) in [7, 11) is 0. The van der Waals surface area contributed by atoms with E-state index < -0.39 is 5.25 Å². The van der Waals surface area contributed by atoms with Gasteiger partial charge >= 0.3 is 0 Å². The Morgan fingerprint density at radius 3 is 2.60 bits per heavy atom. The van der Waals surface area contributed by atoms with Crippen LogP contribution in [0.4, 0.5) is 5.69 Å². The molecule has 1 saturated heterocycles. The lowest BCUT2D eigenvalue weighted by atomic mass is 10.3. The fraction of sp³-hybridized carbons (Fsp3) is 0.118. The summed E-state index contributed by atoms with van der Waals surface area (Å²) in [6.07, 6.45) is 3.47. The third kappa shape index (κ3) is 3.03. The molecule has 4 rings (SSSR count). The number of nitrogens with one attached hydrogen (secondary N) is 1. The van der Waals surface area contributed by atoms with E-state index in [-0.39, 0.29) is 18.2 Å². The van der Waals surface area contributed by atoms with E-state index in [1.807, 2.05) is 18.2 Å². The maximum atomic E-state index is 12.6. The van der Waals surface area contributed by atoms with Crippen LogP contribution in [0.5, 0.6) is 0 Å². The highest BCUT2D eigenvalue weighted by Gasteiger charge is 2.40. The topological polar surface area (TPSA) is 91.8 Å². The molecule has 0 saturated carbocycles. The van der Waals surface area contributed by atoms with Crippen LogP contribution in [0.2, 0.25) is 0 Å². The summed E-state index contributed by atoms with van der Waals surface area (Å²) in [6, 6.07) is 12.6. The summed E-state index contributed by atoms with van der Waals surface area (Å²) in [4.78, 5) is 34.4. The van der Waals surface area contributed by atoms with Crippen molar-refractivity contribution >= 4 is 29.3 Å². The molecule has 7 nitrogen and oxygen atoms in total. The Morgan fingerprint density at radius 2 is 1.84 bits per heavy atom. The number of hydrogen-bond donors (Lipinski definition) is 1. The molecule has 3 aromatic rings. The first-order valence-electron chi connectivity index (χ1n) is 7.63. The number of para-hydroxylation sites is 1. The van der Waals surface area contributed by atoms with Gasteiger partial charge in [-0.1, -0.05) is 30.0 Å². The number of rotatable bonds is 4. The molecule has 1 aromatic carbocycles. The van der Waals surface area contributed by atoms with E-state index in [1.54, 1.807) is 36.7 Å². The minimum absolute atomic E-state index is 0.136. The SMILES string of the molecule is O=C1C[C@H](Sc2n[nH]c(-c3ccncc3)n2)C(=O)N1c1ccccc1. The maximum absolute atomic E-state index is 12.6. The van der Waals surface area contributed by atoms with Crippen LogP contribution in [0.1, 0.15) is 6.42 Å². The van der Waals surface area contributed by atoms with Crippen molar-refractivity contribution in [2.24, 2.45) is 0 Å². The second kappa shape index (κ2) is 6.48. The highest BCUT2D eigenvalue weighted by Crippen LogP contribution is 2.32. The van der Waals surface area contributed by atoms with Crippen molar-refractivity contribution in [3.05, 3.63) is 54.9 Å². The third-order valence-electron chi connectivity index (χ3n) is 3.79. The number of nitrogens with zero attached hydrogens (tertiary/aromatic N) is 4. The summed E-state index contributed by atoms with van der Waals surface area (Å²) in [5, 5.41) is 6.90. The molecule has 3 heterocycles. The van der Waals surface area contributed by atoms with Gasteiger partial charge in [0.15, 0.2) is 5.82 Å². The predicted octanol–water partition coefficient (Wildman–Crippen LogP) is 2.29. The standard InChI is InChI=1S/C17H13N5O2S/c23-14-10-13(16(24)22(14)12-4-2-1-3-5-12)25-17-19-15(20-21-17)11-6-8-18-9-7-11/h1-9,13H,10H2,(H,19,20,21)/t13-/m0/s1. The zero-order valence-electron chi connectivity index (χ0n) is 13.0. The molecular weight excluding hydrogens is 338 g/mol. The van der Waals surface area contributed by atoms with E-state index in [1.165, 1.54) is 16.7 Å². The molecule has 0 unspecified atom stereocenters. The Morgan fingerprint density at radius 1 is 1.08 bits per heavy atom. The number of pyridine rings is 1. The number of thioether (sulfide) groups is 1. The second-order valence-corrected chi connectivity index (χ2v) is 6.59. The summed E-state index contributed by atoms with van der Waals surface area (Å²) in [5.74, 6) is 0.150. The Balaban J connectivity index is 1.52. The van der Waals surface area contributed by atoms with Gasteiger partial charge in [-0.05, 0) is 24.3 Å². The van der Waals surface area contributed by atoms with Crippen molar-refractivity contribution in [1.82, 2.24) is 20.2 Å². The van der Waals surface area contributed by atoms with Gasteiger partial charge in [0, 0.05) is 24.4 Å². The normalized spacial score (nSPS) is 17.3. The van der Waals surface area contributed by atoms with Crippen LogP contribution in [0, 0.1) is 0 Å². The van der Waals surface area contributed by atoms with E-state index in [0.29, 0.717) is 16.7 Å². The lowest BCUT2D eigenvalue weighted by Gasteiger charge is -2.14. The molecule has 1 aliphatic rings. The second-order valence-electron chi connectivity index (χ2n) is 5.42. The van der Waals surface area contributed by atoms with Crippen LogP contribution in [0.3, 0.4) is 0 Å². The minimum atomic E-state index is -0.520. The van der Waals surface area contributed by atoms with Gasteiger partial charge in [-0.2, -0.15) is 0 Å². The van der Waals surface area contributed by atoms with E-state index in [2.05, 4.69) is 20.2 Å². The number of aromatic amines is 1. The first kappa shape index (κ1) is 15.5. The average molecular weight is 351 g/mol. The summed E-state index contributed by atoms with van der Waals surface area (Å²) in [6.45, 7) is 0. The van der Waals surface area contributed by atoms with Crippen molar-refractivity contribution < 1.29 is 9.59 Å². The smallest absolute Gasteiger partial charge is 0.247 e. The van der Waals surface area contributed by atoms with Crippen molar-refractivity contribution in [2.45, 2.75) is 16.8 Å². The van der Waals surface area contributed by atoms with E-state index in [0.717, 1.165) is 5.56 Å². The number of aromatic nitrogens is 4. The van der Waals surface area contributed by atoms with Crippen LogP contribution in [-0.2, 0) is 9.59 Å². The third-order valence-corrected chi connectivity index (χ3v) is 4.83. The van der Waals surface area contributed by atoms with Gasteiger partial charge in [0.1, 0.15) is 5.25 Å². The quantitative estimate of drug-likeness (QED) is 0.725. The molecule has 0 aliphatic carbocycles. The number of anilines is 1. The van der Waals surface area contributed by atoms with Crippen LogP contribution >= 0.6 is 11.8 Å². The molecule has 1 aliphatic heterocycles. The predicted molar refractivity (Wildman–Crippen MR) is 92.8 cm³/mol. The Bertz CT molecular complexity index is 913. The van der Waals surface area contributed by atoms with Gasteiger partial charge in [0.25, 0.3) is 0 Å². The maximum Gasteiger partial charge on any atom is 0.247 e. The molecule has 0 bridgehead atoms. The number of carbonyl (C=O) groups is 2. The van der Waals surface area contributed by atoms with Crippen molar-refractivity contribution in [1.29, 1.82) is 0 Å². The minimum Gasteiger partial charge on any atom is -0.274 e. The molecule has 1 fully saturated rings. The first-order valence-corrected chi connectivity index (χ1v) is 8.51. The fourth-order valence-electron chi connectivity index (χ4n) is 2.61. The van der Waals surface area contributed by atoms with Crippen molar-refractivity contribution in [3.8, 4) is 11.4 Å². The molecule has 0 radical (unpaired) electrons. The number of imide groups is 1. The summed E-state index contributed by atoms with van der Waals surface area (Å²) in [5.41, 5.74) is 1.45. The number of benzene rings is 1. The molecule has 25 heavy (non-hydrogen) atoms. The molecule has 1 N–H and O–H groups in total. The van der Waals surface area contributed by atoms with E-state index >= 15 is 0 Å². The van der Waals surface area contributed by atoms with Gasteiger partial charge < -0.3 is 0 Å². The molecular formula is C17H13N5O2S. The zero-order valence-corrected chi connectivity index (χ0v) is 13.8. The zero-order chi connectivity index (χ0) is 17.2. The number of amides is 2. The fourth-order valence-corrected chi connectivity index (χ4v) is 3.54. The molecule has 2 amide bonds. The van der Waals surface area contributed by atoms with Crippen molar-refractivity contribution in [2.75, 3.05) is 4.90 Å². The molecule has 1 atom stereocenters. The summed E-state index contributed by atoms with van der Waals surface area (Å²) >= 11 is 1.20. The van der Waals surface area contributed by atoms with E-state index in [9.17, 15) is 9.59 Å². The average Bonchev–Trinajstić information content (AvgIpc) is 3.22. The molecule has 0 spiro atoms. The monoisotopic (exact) mass is 351 g/mol. The first-order chi connectivity index (χ1) is 12.2. The largest absolute Gasteiger partial charge is 0.274 e. The number of carbonyl (C=O) groups excluding carboxylic acids is 2. The van der Waals surface area contributed by atoms with Crippen LogP contribution in [0.25, 0.3) is 11.4 Å². The highest BCUT2D eigenvalue weighted by atomic mass is 32.2. The molecule has 124 valence electrons. The molecule has 2 aromatic heterocycles. The lowest BCUT2D eigenvalue weighted by Crippen LogP contribution is -2.31. The van der Waals surface area contributed by atoms with Crippen molar-refractivity contribution in [3.63, 3.8) is 0 Å². The van der Waals surface area contributed by atoms with Crippen LogP contribution in [0.15, 0.2) is 60.0 Å². The van der Waals surface area contributed by atoms with Gasteiger partial charge in [0.05, 0.1) is 5.69 Å². The van der Waals surface area contributed by atoms with Crippen LogP contribution < -0.4 is 4.90 Å². The van der Waals surface area contributed by atoms with Gasteiger partial charge in [-0.15, -0.1) is 5.10 Å². The number of hydrogen-bond acceptors (Lipinski definition) is 6. The van der Waals surface area contributed by atoms with E-state index in [4.69, 9.17) is 0 Å². The van der Waals surface area contributed by atoms with Gasteiger partial charge in [-0.25, -0.2) is 9.88 Å². The van der Waals surface area contributed by atoms with Crippen LogP contribution in [-0.4, -0.2) is 37.2 Å². The van der Waals surface area contributed by atoms with Gasteiger partial charge in [0.2, 0.25) is 17.0 Å². The Labute approximate surface area is 147 Å². The molecule has 8 heteroatoms. The van der Waals surface area contributed by atoms with Gasteiger partial charge in [-0.3, -0.25) is 19.7 Å². The Hall–Kier alpha value is -3.00. The lowest BCUT2D eigenvalue weighted by molar-refractivity contribution is -0.121. The number of H-pyrrole nitrogens is 1. The Kier molecular flexibility index (Phi) is 4.02. The highest BCUT2D eigenvalue weighted by molar-refractivity contribution is 8.00.